The minimum absolute atomic E-state index is 0.107. The molecule has 1 aromatic carbocycles. The predicted molar refractivity (Wildman–Crippen MR) is 87.9 cm³/mol. The Kier molecular flexibility index (Phi) is 3.64. The Morgan fingerprint density at radius 1 is 1.10 bits per heavy atom. The fourth-order valence-electron chi connectivity index (χ4n) is 3.73. The number of anilines is 1. The summed E-state index contributed by atoms with van der Waals surface area (Å²) in [7, 11) is 0. The molecule has 0 saturated carbocycles. The molecule has 2 heterocycles. The molecule has 0 spiro atoms. The molecule has 2 aliphatic heterocycles. The summed E-state index contributed by atoms with van der Waals surface area (Å²) in [4.78, 5) is 2.55. The van der Waals surface area contributed by atoms with E-state index in [1.165, 1.54) is 54.6 Å². The predicted octanol–water partition coefficient (Wildman–Crippen LogP) is 3.59. The average Bonchev–Trinajstić information content (AvgIpc) is 2.78. The lowest BCUT2D eigenvalue weighted by Crippen LogP contribution is -2.30. The first-order valence-corrected chi connectivity index (χ1v) is 8.21. The van der Waals surface area contributed by atoms with Crippen molar-refractivity contribution in [1.29, 1.82) is 0 Å². The van der Waals surface area contributed by atoms with Gasteiger partial charge in [-0.25, -0.2) is 0 Å². The van der Waals surface area contributed by atoms with Crippen LogP contribution < -0.4 is 10.5 Å². The zero-order valence-electron chi connectivity index (χ0n) is 13.9. The maximum Gasteiger partial charge on any atom is 0.128 e. The highest BCUT2D eigenvalue weighted by atomic mass is 16.5. The summed E-state index contributed by atoms with van der Waals surface area (Å²) < 4.78 is 6.30. The molecule has 21 heavy (non-hydrogen) atoms. The van der Waals surface area contributed by atoms with Gasteiger partial charge in [-0.15, -0.1) is 0 Å². The summed E-state index contributed by atoms with van der Waals surface area (Å²) in [5.41, 5.74) is 12.3. The topological polar surface area (TPSA) is 38.5 Å². The smallest absolute Gasteiger partial charge is 0.128 e. The Morgan fingerprint density at radius 3 is 2.43 bits per heavy atom. The van der Waals surface area contributed by atoms with Gasteiger partial charge in [0, 0.05) is 29.8 Å². The van der Waals surface area contributed by atoms with Crippen molar-refractivity contribution in [3.8, 4) is 5.75 Å². The third-order valence-electron chi connectivity index (χ3n) is 5.07. The second-order valence-electron chi connectivity index (χ2n) is 7.33. The minimum Gasteiger partial charge on any atom is -0.487 e. The van der Waals surface area contributed by atoms with Gasteiger partial charge >= 0.3 is 0 Å². The fraction of sp³-hybridized carbons (Fsp3) is 0.667. The van der Waals surface area contributed by atoms with E-state index in [0.717, 1.165) is 24.4 Å². The van der Waals surface area contributed by atoms with Crippen molar-refractivity contribution in [2.45, 2.75) is 65.5 Å². The van der Waals surface area contributed by atoms with Gasteiger partial charge in [0.05, 0.1) is 0 Å². The van der Waals surface area contributed by atoms with Crippen LogP contribution in [-0.4, -0.2) is 23.6 Å². The molecule has 3 rings (SSSR count). The van der Waals surface area contributed by atoms with E-state index in [1.54, 1.807) is 0 Å². The van der Waals surface area contributed by atoms with Crippen LogP contribution in [0.1, 0.15) is 55.4 Å². The highest BCUT2D eigenvalue weighted by molar-refractivity contribution is 5.66. The molecule has 0 atom stereocenters. The molecule has 2 N–H and O–H groups in total. The Labute approximate surface area is 128 Å². The Bertz CT molecular complexity index is 557. The van der Waals surface area contributed by atoms with E-state index in [9.17, 15) is 0 Å². The molecular weight excluding hydrogens is 260 g/mol. The molecule has 2 aliphatic rings. The first kappa shape index (κ1) is 14.7. The number of hydrogen-bond acceptors (Lipinski definition) is 3. The van der Waals surface area contributed by atoms with Crippen LogP contribution in [0, 0.1) is 13.8 Å². The number of fused-ring (bicyclic) bond motifs is 1. The molecule has 0 amide bonds. The fourth-order valence-corrected chi connectivity index (χ4v) is 3.73. The molecule has 0 radical (unpaired) electrons. The third kappa shape index (κ3) is 2.64. The van der Waals surface area contributed by atoms with Crippen LogP contribution in [0.15, 0.2) is 0 Å². The van der Waals surface area contributed by atoms with Gasteiger partial charge in [0.25, 0.3) is 0 Å². The summed E-state index contributed by atoms with van der Waals surface area (Å²) in [5, 5.41) is 0. The zero-order valence-corrected chi connectivity index (χ0v) is 13.9. The van der Waals surface area contributed by atoms with E-state index in [4.69, 9.17) is 10.5 Å². The average molecular weight is 288 g/mol. The number of ether oxygens (including phenoxy) is 1. The highest BCUT2D eigenvalue weighted by Gasteiger charge is 2.35. The lowest BCUT2D eigenvalue weighted by molar-refractivity contribution is 0.134. The monoisotopic (exact) mass is 288 g/mol. The Hall–Kier alpha value is -1.22. The second kappa shape index (κ2) is 5.20. The van der Waals surface area contributed by atoms with E-state index in [2.05, 4.69) is 32.6 Å². The Balaban J connectivity index is 2.00. The molecule has 3 nitrogen and oxygen atoms in total. The van der Waals surface area contributed by atoms with Gasteiger partial charge in [-0.05, 0) is 64.8 Å². The summed E-state index contributed by atoms with van der Waals surface area (Å²) in [6.45, 7) is 12.0. The summed E-state index contributed by atoms with van der Waals surface area (Å²) in [6, 6.07) is 0. The number of rotatable bonds is 2. The van der Waals surface area contributed by atoms with Gasteiger partial charge in [-0.3, -0.25) is 4.90 Å². The standard InChI is InChI=1S/C18H28N2O/c1-12-14-10-18(3,4)21-17(14)15(13(2)16(12)19)11-20-8-6-5-7-9-20/h5-11,19H2,1-4H3. The molecule has 116 valence electrons. The molecule has 1 aromatic rings. The maximum absolute atomic E-state index is 6.38. The number of likely N-dealkylation sites (tertiary alicyclic amines) is 1. The lowest BCUT2D eigenvalue weighted by atomic mass is 9.92. The molecule has 1 fully saturated rings. The van der Waals surface area contributed by atoms with E-state index in [0.29, 0.717) is 0 Å². The van der Waals surface area contributed by atoms with E-state index in [-0.39, 0.29) is 5.60 Å². The first-order chi connectivity index (χ1) is 9.89. The van der Waals surface area contributed by atoms with Crippen molar-refractivity contribution in [1.82, 2.24) is 4.90 Å². The van der Waals surface area contributed by atoms with Gasteiger partial charge < -0.3 is 10.5 Å². The first-order valence-electron chi connectivity index (χ1n) is 8.21. The van der Waals surface area contributed by atoms with Crippen molar-refractivity contribution in [3.63, 3.8) is 0 Å². The number of piperidine rings is 1. The van der Waals surface area contributed by atoms with Crippen LogP contribution in [0.25, 0.3) is 0 Å². The second-order valence-corrected chi connectivity index (χ2v) is 7.33. The van der Waals surface area contributed by atoms with Crippen LogP contribution in [0.5, 0.6) is 5.75 Å². The largest absolute Gasteiger partial charge is 0.487 e. The number of hydrogen-bond donors (Lipinski definition) is 1. The van der Waals surface area contributed by atoms with Crippen molar-refractivity contribution < 1.29 is 4.74 Å². The SMILES string of the molecule is Cc1c(N)c(C)c2c(c1CN1CCCCC1)OC(C)(C)C2. The van der Waals surface area contributed by atoms with Crippen LogP contribution in [0.3, 0.4) is 0 Å². The van der Waals surface area contributed by atoms with Crippen molar-refractivity contribution in [3.05, 3.63) is 22.3 Å². The van der Waals surface area contributed by atoms with Gasteiger partial charge in [-0.1, -0.05) is 6.42 Å². The summed E-state index contributed by atoms with van der Waals surface area (Å²) in [6.07, 6.45) is 4.96. The zero-order chi connectivity index (χ0) is 15.2. The number of benzene rings is 1. The molecule has 3 heteroatoms. The maximum atomic E-state index is 6.38. The lowest BCUT2D eigenvalue weighted by Gasteiger charge is -2.29. The van der Waals surface area contributed by atoms with Crippen molar-refractivity contribution in [2.75, 3.05) is 18.8 Å². The number of nitrogens with two attached hydrogens (primary N) is 1. The van der Waals surface area contributed by atoms with Crippen LogP contribution >= 0.6 is 0 Å². The quantitative estimate of drug-likeness (QED) is 0.845. The molecule has 0 aliphatic carbocycles. The number of nitrogens with zero attached hydrogens (tertiary/aromatic N) is 1. The highest BCUT2D eigenvalue weighted by Crippen LogP contribution is 2.44. The van der Waals surface area contributed by atoms with Crippen LogP contribution in [0.4, 0.5) is 5.69 Å². The van der Waals surface area contributed by atoms with Gasteiger partial charge in [-0.2, -0.15) is 0 Å². The Morgan fingerprint density at radius 2 is 1.76 bits per heavy atom. The molecule has 1 saturated heterocycles. The van der Waals surface area contributed by atoms with E-state index >= 15 is 0 Å². The molecular formula is C18H28N2O. The van der Waals surface area contributed by atoms with Crippen LogP contribution in [0.2, 0.25) is 0 Å². The van der Waals surface area contributed by atoms with Gasteiger partial charge in [0.2, 0.25) is 0 Å². The van der Waals surface area contributed by atoms with Crippen molar-refractivity contribution >= 4 is 5.69 Å². The van der Waals surface area contributed by atoms with E-state index in [1.807, 2.05) is 0 Å². The van der Waals surface area contributed by atoms with Crippen LogP contribution in [-0.2, 0) is 13.0 Å². The van der Waals surface area contributed by atoms with Crippen molar-refractivity contribution in [2.24, 2.45) is 0 Å². The summed E-state index contributed by atoms with van der Waals surface area (Å²) in [5.74, 6) is 1.12. The van der Waals surface area contributed by atoms with E-state index < -0.39 is 0 Å². The van der Waals surface area contributed by atoms with Gasteiger partial charge in [0.1, 0.15) is 11.4 Å². The van der Waals surface area contributed by atoms with Gasteiger partial charge in [0.15, 0.2) is 0 Å². The minimum atomic E-state index is -0.107. The number of nitrogen functional groups attached to an aromatic ring is 1. The molecule has 0 aromatic heterocycles. The third-order valence-corrected chi connectivity index (χ3v) is 5.07. The summed E-state index contributed by atoms with van der Waals surface area (Å²) >= 11 is 0. The molecule has 0 bridgehead atoms. The normalized spacial score (nSPS) is 21.1. The molecule has 0 unspecified atom stereocenters.